The zero-order valence-electron chi connectivity index (χ0n) is 17.1. The van der Waals surface area contributed by atoms with Gasteiger partial charge >= 0.3 is 6.03 Å². The van der Waals surface area contributed by atoms with Crippen molar-refractivity contribution < 1.29 is 14.3 Å². The van der Waals surface area contributed by atoms with Gasteiger partial charge in [-0.1, -0.05) is 42.5 Å². The van der Waals surface area contributed by atoms with Crippen molar-refractivity contribution >= 4 is 11.9 Å². The molecule has 0 spiro atoms. The van der Waals surface area contributed by atoms with Crippen molar-refractivity contribution in [3.05, 3.63) is 77.0 Å². The molecule has 3 N–H and O–H groups in total. The molecule has 1 saturated carbocycles. The van der Waals surface area contributed by atoms with Crippen LogP contribution in [0.2, 0.25) is 0 Å². The summed E-state index contributed by atoms with van der Waals surface area (Å²) < 4.78 is 6.03. The summed E-state index contributed by atoms with van der Waals surface area (Å²) in [4.78, 5) is 25.1. The molecule has 0 saturated heterocycles. The fourth-order valence-corrected chi connectivity index (χ4v) is 4.06. The van der Waals surface area contributed by atoms with Crippen molar-refractivity contribution in [2.75, 3.05) is 0 Å². The lowest BCUT2D eigenvalue weighted by Crippen LogP contribution is -2.46. The highest BCUT2D eigenvalue weighted by molar-refractivity contribution is 5.98. The number of benzene rings is 2. The maximum absolute atomic E-state index is 13.0. The van der Waals surface area contributed by atoms with Crippen molar-refractivity contribution in [3.8, 4) is 5.75 Å². The summed E-state index contributed by atoms with van der Waals surface area (Å²) in [5.41, 5.74) is 2.92. The Morgan fingerprint density at radius 3 is 2.47 bits per heavy atom. The van der Waals surface area contributed by atoms with Gasteiger partial charge in [0.15, 0.2) is 0 Å². The largest absolute Gasteiger partial charge is 0.490 e. The first-order valence-electron chi connectivity index (χ1n) is 10.5. The molecule has 1 fully saturated rings. The van der Waals surface area contributed by atoms with Crippen LogP contribution in [0.25, 0.3) is 0 Å². The average Bonchev–Trinajstić information content (AvgIpc) is 3.26. The number of carbonyl (C=O) groups excluding carboxylic acids is 2. The highest BCUT2D eigenvalue weighted by atomic mass is 16.5. The first kappa shape index (κ1) is 20.0. The van der Waals surface area contributed by atoms with E-state index >= 15 is 0 Å². The predicted octanol–water partition coefficient (Wildman–Crippen LogP) is 3.95. The van der Waals surface area contributed by atoms with Crippen LogP contribution in [-0.2, 0) is 11.3 Å². The zero-order chi connectivity index (χ0) is 20.9. The van der Waals surface area contributed by atoms with Gasteiger partial charge in [-0.2, -0.15) is 0 Å². The van der Waals surface area contributed by atoms with Crippen LogP contribution in [0.1, 0.15) is 49.8 Å². The minimum atomic E-state index is -0.518. The van der Waals surface area contributed by atoms with Gasteiger partial charge < -0.3 is 20.7 Å². The predicted molar refractivity (Wildman–Crippen MR) is 115 cm³/mol. The van der Waals surface area contributed by atoms with E-state index in [1.165, 1.54) is 12.8 Å². The number of ether oxygens (including phenoxy) is 1. The number of urea groups is 1. The minimum Gasteiger partial charge on any atom is -0.490 e. The number of allylic oxidation sites excluding steroid dienone is 1. The van der Waals surface area contributed by atoms with Crippen LogP contribution in [0.5, 0.6) is 5.75 Å². The summed E-state index contributed by atoms with van der Waals surface area (Å²) in [6.07, 6.45) is 4.92. The molecule has 1 aliphatic heterocycles. The van der Waals surface area contributed by atoms with Crippen molar-refractivity contribution in [3.63, 3.8) is 0 Å². The Morgan fingerprint density at radius 2 is 1.77 bits per heavy atom. The smallest absolute Gasteiger partial charge is 0.319 e. The summed E-state index contributed by atoms with van der Waals surface area (Å²) in [6, 6.07) is 16.6. The van der Waals surface area contributed by atoms with E-state index in [-0.39, 0.29) is 18.0 Å². The molecular weight excluding hydrogens is 378 g/mol. The monoisotopic (exact) mass is 405 g/mol. The number of rotatable bonds is 6. The molecule has 1 heterocycles. The highest BCUT2D eigenvalue weighted by Crippen LogP contribution is 2.29. The molecule has 0 unspecified atom stereocenters. The number of hydrogen-bond acceptors (Lipinski definition) is 3. The topological polar surface area (TPSA) is 79.5 Å². The second-order valence-corrected chi connectivity index (χ2v) is 7.83. The summed E-state index contributed by atoms with van der Waals surface area (Å²) in [5, 5.41) is 8.55. The number of carbonyl (C=O) groups is 2. The first-order chi connectivity index (χ1) is 14.6. The van der Waals surface area contributed by atoms with E-state index in [4.69, 9.17) is 4.74 Å². The van der Waals surface area contributed by atoms with Crippen molar-refractivity contribution in [1.82, 2.24) is 16.0 Å². The fraction of sp³-hybridized carbons (Fsp3) is 0.333. The molecule has 156 valence electrons. The standard InChI is InChI=1S/C24H27N3O3/c1-16-21(23(28)25-15-17-7-3-2-4-8-17)22(27-24(29)26-16)18-11-13-20(14-12-18)30-19-9-5-6-10-19/h2-4,7-8,11-14,19,22H,5-6,9-10,15H2,1H3,(H,25,28)(H2,26,27,29)/t22-/m1/s1. The van der Waals surface area contributed by atoms with Crippen LogP contribution in [0.4, 0.5) is 4.79 Å². The Labute approximate surface area is 176 Å². The molecule has 2 aromatic carbocycles. The van der Waals surface area contributed by atoms with Crippen LogP contribution in [0.3, 0.4) is 0 Å². The first-order valence-corrected chi connectivity index (χ1v) is 10.5. The molecule has 0 aromatic heterocycles. The second kappa shape index (κ2) is 9.03. The Balaban J connectivity index is 1.50. The van der Waals surface area contributed by atoms with Gasteiger partial charge in [0, 0.05) is 12.2 Å². The van der Waals surface area contributed by atoms with Crippen LogP contribution in [0, 0.1) is 0 Å². The lowest BCUT2D eigenvalue weighted by atomic mass is 9.94. The van der Waals surface area contributed by atoms with Gasteiger partial charge in [0.25, 0.3) is 5.91 Å². The Morgan fingerprint density at radius 1 is 1.07 bits per heavy atom. The van der Waals surface area contributed by atoms with Gasteiger partial charge in [0.2, 0.25) is 0 Å². The van der Waals surface area contributed by atoms with E-state index in [0.29, 0.717) is 17.8 Å². The Kier molecular flexibility index (Phi) is 6.02. The Hall–Kier alpha value is -3.28. The molecule has 0 bridgehead atoms. The number of nitrogens with one attached hydrogen (secondary N) is 3. The van der Waals surface area contributed by atoms with Gasteiger partial charge in [-0.05, 0) is 55.9 Å². The SMILES string of the molecule is CC1=C(C(=O)NCc2ccccc2)[C@@H](c2ccc(OC3CCCC3)cc2)NC(=O)N1. The molecule has 0 radical (unpaired) electrons. The van der Waals surface area contributed by atoms with Gasteiger partial charge in [0.05, 0.1) is 17.7 Å². The van der Waals surface area contributed by atoms with Crippen LogP contribution >= 0.6 is 0 Å². The molecule has 2 aromatic rings. The molecule has 30 heavy (non-hydrogen) atoms. The quantitative estimate of drug-likeness (QED) is 0.681. The third-order valence-electron chi connectivity index (χ3n) is 5.63. The summed E-state index contributed by atoms with van der Waals surface area (Å²) >= 11 is 0. The zero-order valence-corrected chi connectivity index (χ0v) is 17.1. The molecule has 1 atom stereocenters. The molecule has 6 heteroatoms. The van der Waals surface area contributed by atoms with Gasteiger partial charge in [-0.3, -0.25) is 4.79 Å². The van der Waals surface area contributed by atoms with E-state index in [2.05, 4.69) is 16.0 Å². The molecule has 6 nitrogen and oxygen atoms in total. The summed E-state index contributed by atoms with van der Waals surface area (Å²) in [6.45, 7) is 2.17. The van der Waals surface area contributed by atoms with E-state index in [1.807, 2.05) is 54.6 Å². The molecule has 3 amide bonds. The van der Waals surface area contributed by atoms with E-state index in [9.17, 15) is 9.59 Å². The van der Waals surface area contributed by atoms with Crippen molar-refractivity contribution in [2.24, 2.45) is 0 Å². The van der Waals surface area contributed by atoms with E-state index in [1.54, 1.807) is 6.92 Å². The van der Waals surface area contributed by atoms with Gasteiger partial charge in [-0.15, -0.1) is 0 Å². The van der Waals surface area contributed by atoms with E-state index < -0.39 is 6.04 Å². The maximum Gasteiger partial charge on any atom is 0.319 e. The highest BCUT2D eigenvalue weighted by Gasteiger charge is 2.31. The fourth-order valence-electron chi connectivity index (χ4n) is 4.06. The van der Waals surface area contributed by atoms with Gasteiger partial charge in [0.1, 0.15) is 5.75 Å². The summed E-state index contributed by atoms with van der Waals surface area (Å²) in [5.74, 6) is 0.613. The second-order valence-electron chi connectivity index (χ2n) is 7.83. The third-order valence-corrected chi connectivity index (χ3v) is 5.63. The lowest BCUT2D eigenvalue weighted by molar-refractivity contribution is -0.118. The van der Waals surface area contributed by atoms with Crippen LogP contribution < -0.4 is 20.7 Å². The summed E-state index contributed by atoms with van der Waals surface area (Å²) in [7, 11) is 0. The maximum atomic E-state index is 13.0. The average molecular weight is 405 g/mol. The van der Waals surface area contributed by atoms with Crippen LogP contribution in [0.15, 0.2) is 65.9 Å². The molecule has 1 aliphatic carbocycles. The minimum absolute atomic E-state index is 0.208. The van der Waals surface area contributed by atoms with Gasteiger partial charge in [-0.25, -0.2) is 4.79 Å². The Bertz CT molecular complexity index is 932. The molecule has 2 aliphatic rings. The van der Waals surface area contributed by atoms with Crippen molar-refractivity contribution in [1.29, 1.82) is 0 Å². The number of hydrogen-bond donors (Lipinski definition) is 3. The van der Waals surface area contributed by atoms with Crippen molar-refractivity contribution in [2.45, 2.75) is 51.3 Å². The van der Waals surface area contributed by atoms with Crippen LogP contribution in [-0.4, -0.2) is 18.0 Å². The third kappa shape index (κ3) is 4.64. The molecule has 4 rings (SSSR count). The van der Waals surface area contributed by atoms with E-state index in [0.717, 1.165) is 29.7 Å². The molecular formula is C24H27N3O3. The normalized spacial score (nSPS) is 19.2. The lowest BCUT2D eigenvalue weighted by Gasteiger charge is -2.29. The number of amides is 3.